The van der Waals surface area contributed by atoms with Gasteiger partial charge in [0.2, 0.25) is 0 Å². The van der Waals surface area contributed by atoms with Crippen LogP contribution in [0.5, 0.6) is 0 Å². The molecule has 11 heteroatoms. The third-order valence-electron chi connectivity index (χ3n) is 6.10. The summed E-state index contributed by atoms with van der Waals surface area (Å²) in [5, 5.41) is 4.70. The van der Waals surface area contributed by atoms with Gasteiger partial charge in [0.05, 0.1) is 35.6 Å². The summed E-state index contributed by atoms with van der Waals surface area (Å²) in [7, 11) is 1.29. The molecule has 0 spiro atoms. The van der Waals surface area contributed by atoms with Crippen molar-refractivity contribution in [2.24, 2.45) is 0 Å². The van der Waals surface area contributed by atoms with Gasteiger partial charge in [0.1, 0.15) is 16.4 Å². The number of methoxy groups -OCH3 is 1. The van der Waals surface area contributed by atoms with Gasteiger partial charge in [-0.05, 0) is 43.9 Å². The molecular weight excluding hydrogens is 456 g/mol. The molecule has 0 amide bonds. The zero-order valence-electron chi connectivity index (χ0n) is 17.9. The predicted octanol–water partition coefficient (Wildman–Crippen LogP) is 4.64. The van der Waals surface area contributed by atoms with Gasteiger partial charge in [-0.2, -0.15) is 5.10 Å². The zero-order chi connectivity index (χ0) is 23.1. The van der Waals surface area contributed by atoms with E-state index in [2.05, 4.69) is 9.97 Å². The van der Waals surface area contributed by atoms with Crippen molar-refractivity contribution in [3.8, 4) is 0 Å². The Morgan fingerprint density at radius 2 is 2.06 bits per heavy atom. The van der Waals surface area contributed by atoms with Crippen LogP contribution >= 0.6 is 11.6 Å². The van der Waals surface area contributed by atoms with E-state index in [1.165, 1.54) is 13.2 Å². The van der Waals surface area contributed by atoms with Crippen molar-refractivity contribution in [3.63, 3.8) is 0 Å². The van der Waals surface area contributed by atoms with Crippen molar-refractivity contribution in [2.75, 3.05) is 31.8 Å². The SMILES string of the molecule is COC(=O)c1ccc2c(n1)c(N1CCCc3nc(Cl)c(C(F)F)cc31)nn2C1CCOCC1. The zero-order valence-corrected chi connectivity index (χ0v) is 18.7. The van der Waals surface area contributed by atoms with Crippen molar-refractivity contribution in [1.82, 2.24) is 19.7 Å². The second kappa shape index (κ2) is 8.83. The van der Waals surface area contributed by atoms with Gasteiger partial charge in [-0.3, -0.25) is 4.68 Å². The number of anilines is 2. The topological polar surface area (TPSA) is 82.4 Å². The van der Waals surface area contributed by atoms with Crippen LogP contribution < -0.4 is 4.90 Å². The summed E-state index contributed by atoms with van der Waals surface area (Å²) in [6.45, 7) is 1.80. The molecule has 1 saturated heterocycles. The minimum Gasteiger partial charge on any atom is -0.464 e. The molecule has 2 aliphatic rings. The smallest absolute Gasteiger partial charge is 0.356 e. The molecule has 0 aromatic carbocycles. The highest BCUT2D eigenvalue weighted by atomic mass is 35.5. The lowest BCUT2D eigenvalue weighted by Crippen LogP contribution is -2.27. The fraction of sp³-hybridized carbons (Fsp3) is 0.455. The number of rotatable bonds is 4. The van der Waals surface area contributed by atoms with E-state index in [-0.39, 0.29) is 22.5 Å². The normalized spacial score (nSPS) is 16.9. The minimum atomic E-state index is -2.75. The molecule has 1 fully saturated rings. The van der Waals surface area contributed by atoms with Crippen LogP contribution in [0, 0.1) is 0 Å². The first kappa shape index (κ1) is 22.0. The van der Waals surface area contributed by atoms with Crippen LogP contribution in [0.25, 0.3) is 11.0 Å². The van der Waals surface area contributed by atoms with Gasteiger partial charge in [-0.15, -0.1) is 0 Å². The second-order valence-corrected chi connectivity index (χ2v) is 8.42. The highest BCUT2D eigenvalue weighted by molar-refractivity contribution is 6.30. The minimum absolute atomic E-state index is 0.102. The number of nitrogens with zero attached hydrogens (tertiary/aromatic N) is 5. The maximum absolute atomic E-state index is 13.6. The van der Waals surface area contributed by atoms with E-state index >= 15 is 0 Å². The Kier molecular flexibility index (Phi) is 5.88. The van der Waals surface area contributed by atoms with Gasteiger partial charge < -0.3 is 14.4 Å². The molecule has 2 aliphatic heterocycles. The number of hydrogen-bond donors (Lipinski definition) is 0. The number of aryl methyl sites for hydroxylation is 1. The number of pyridine rings is 2. The number of halogens is 3. The van der Waals surface area contributed by atoms with Crippen LogP contribution in [0.2, 0.25) is 5.15 Å². The van der Waals surface area contributed by atoms with Gasteiger partial charge in [0.15, 0.2) is 5.82 Å². The van der Waals surface area contributed by atoms with Crippen molar-refractivity contribution >= 4 is 40.1 Å². The Bertz CT molecular complexity index is 1210. The standard InChI is InChI=1S/C22H22ClF2N5O3/c1-32-22(31)15-4-5-16-18(26-15)21(28-30(16)12-6-9-33-10-7-12)29-8-2-3-14-17(29)11-13(20(24)25)19(23)27-14/h4-5,11-12,20H,2-3,6-10H2,1H3. The first-order valence-electron chi connectivity index (χ1n) is 10.8. The van der Waals surface area contributed by atoms with Gasteiger partial charge in [-0.25, -0.2) is 23.5 Å². The van der Waals surface area contributed by atoms with Crippen LogP contribution in [-0.2, 0) is 15.9 Å². The maximum Gasteiger partial charge on any atom is 0.356 e. The number of hydrogen-bond acceptors (Lipinski definition) is 7. The number of carbonyl (C=O) groups excluding carboxylic acids is 1. The third kappa shape index (κ3) is 3.91. The fourth-order valence-corrected chi connectivity index (χ4v) is 4.70. The van der Waals surface area contributed by atoms with Crippen LogP contribution in [-0.4, -0.2) is 52.6 Å². The third-order valence-corrected chi connectivity index (χ3v) is 6.41. The van der Waals surface area contributed by atoms with E-state index in [9.17, 15) is 13.6 Å². The maximum atomic E-state index is 13.6. The van der Waals surface area contributed by atoms with E-state index in [1.54, 1.807) is 12.1 Å². The largest absolute Gasteiger partial charge is 0.464 e. The average molecular weight is 478 g/mol. The molecule has 0 unspecified atom stereocenters. The Hall–Kier alpha value is -2.85. The summed E-state index contributed by atoms with van der Waals surface area (Å²) in [6.07, 6.45) is 0.192. The summed E-state index contributed by atoms with van der Waals surface area (Å²) in [6, 6.07) is 4.90. The number of ether oxygens (including phenoxy) is 2. The Morgan fingerprint density at radius 1 is 1.27 bits per heavy atom. The van der Waals surface area contributed by atoms with Crippen LogP contribution in [0.15, 0.2) is 18.2 Å². The molecule has 0 N–H and O–H groups in total. The van der Waals surface area contributed by atoms with E-state index < -0.39 is 12.4 Å². The highest BCUT2D eigenvalue weighted by Gasteiger charge is 2.30. The molecular formula is C22H22ClF2N5O3. The number of esters is 1. The van der Waals surface area contributed by atoms with E-state index in [1.807, 2.05) is 9.58 Å². The van der Waals surface area contributed by atoms with Gasteiger partial charge in [-0.1, -0.05) is 11.6 Å². The molecule has 0 radical (unpaired) electrons. The van der Waals surface area contributed by atoms with Crippen molar-refractivity contribution in [1.29, 1.82) is 0 Å². The lowest BCUT2D eigenvalue weighted by Gasteiger charge is -2.29. The monoisotopic (exact) mass is 477 g/mol. The fourth-order valence-electron chi connectivity index (χ4n) is 4.46. The summed E-state index contributed by atoms with van der Waals surface area (Å²) in [4.78, 5) is 22.8. The summed E-state index contributed by atoms with van der Waals surface area (Å²) < 4.78 is 39.4. The average Bonchev–Trinajstić information content (AvgIpc) is 3.21. The number of carbonyl (C=O) groups is 1. The molecule has 0 bridgehead atoms. The van der Waals surface area contributed by atoms with Crippen molar-refractivity contribution < 1.29 is 23.0 Å². The number of fused-ring (bicyclic) bond motifs is 2. The molecule has 33 heavy (non-hydrogen) atoms. The first-order valence-corrected chi connectivity index (χ1v) is 11.2. The first-order chi connectivity index (χ1) is 16.0. The van der Waals surface area contributed by atoms with E-state index in [0.717, 1.165) is 24.8 Å². The lowest BCUT2D eigenvalue weighted by atomic mass is 10.1. The van der Waals surface area contributed by atoms with E-state index in [0.29, 0.717) is 48.9 Å². The molecule has 8 nitrogen and oxygen atoms in total. The highest BCUT2D eigenvalue weighted by Crippen LogP contribution is 2.40. The van der Waals surface area contributed by atoms with E-state index in [4.69, 9.17) is 26.2 Å². The number of aromatic nitrogens is 4. The second-order valence-electron chi connectivity index (χ2n) is 8.06. The quantitative estimate of drug-likeness (QED) is 0.400. The van der Waals surface area contributed by atoms with Crippen LogP contribution in [0.4, 0.5) is 20.3 Å². The summed E-state index contributed by atoms with van der Waals surface area (Å²) >= 11 is 6.02. The molecule has 5 heterocycles. The number of alkyl halides is 2. The Morgan fingerprint density at radius 3 is 2.79 bits per heavy atom. The molecule has 0 saturated carbocycles. The van der Waals surface area contributed by atoms with Crippen molar-refractivity contribution in [3.05, 3.63) is 40.3 Å². The molecule has 174 valence electrons. The molecule has 0 atom stereocenters. The van der Waals surface area contributed by atoms with Crippen molar-refractivity contribution in [2.45, 2.75) is 38.2 Å². The molecule has 0 aliphatic carbocycles. The molecule has 3 aromatic rings. The lowest BCUT2D eigenvalue weighted by molar-refractivity contribution is 0.0594. The summed E-state index contributed by atoms with van der Waals surface area (Å²) in [5.41, 5.74) is 2.26. The molecule has 3 aromatic heterocycles. The van der Waals surface area contributed by atoms with Gasteiger partial charge in [0.25, 0.3) is 6.43 Å². The summed E-state index contributed by atoms with van der Waals surface area (Å²) in [5.74, 6) is -0.0679. The van der Waals surface area contributed by atoms with Gasteiger partial charge >= 0.3 is 5.97 Å². The van der Waals surface area contributed by atoms with Gasteiger partial charge in [0, 0.05) is 19.8 Å². The predicted molar refractivity (Wildman–Crippen MR) is 117 cm³/mol. The van der Waals surface area contributed by atoms with Crippen LogP contribution in [0.3, 0.4) is 0 Å². The molecule has 5 rings (SSSR count). The Balaban J connectivity index is 1.69. The van der Waals surface area contributed by atoms with Crippen LogP contribution in [0.1, 0.15) is 53.5 Å². The Labute approximate surface area is 193 Å².